The maximum atomic E-state index is 11.4. The van der Waals surface area contributed by atoms with Gasteiger partial charge in [-0.1, -0.05) is 24.3 Å². The zero-order chi connectivity index (χ0) is 20.3. The van der Waals surface area contributed by atoms with Crippen molar-refractivity contribution < 1.29 is 24.4 Å². The molecule has 0 spiro atoms. The van der Waals surface area contributed by atoms with Crippen LogP contribution < -0.4 is 14.2 Å². The molecular formula is C23H29NO5. The van der Waals surface area contributed by atoms with Crippen molar-refractivity contribution >= 4 is 0 Å². The number of ether oxygens (including phenoxy) is 3. The summed E-state index contributed by atoms with van der Waals surface area (Å²) in [6.07, 6.45) is 1.70. The first-order valence-electron chi connectivity index (χ1n) is 10.2. The molecule has 2 aromatic rings. The van der Waals surface area contributed by atoms with E-state index in [1.807, 2.05) is 42.5 Å². The van der Waals surface area contributed by atoms with Gasteiger partial charge in [0.1, 0.15) is 11.4 Å². The largest absolute Gasteiger partial charge is 0.496 e. The summed E-state index contributed by atoms with van der Waals surface area (Å²) in [6, 6.07) is 13.2. The normalized spacial score (nSPS) is 23.3. The smallest absolute Gasteiger partial charge is 0.161 e. The number of β-amino-alcohol motifs (C(OH)–C–C–N with tert-alkyl or cyclic N) is 2. The van der Waals surface area contributed by atoms with E-state index in [1.54, 1.807) is 7.11 Å². The lowest BCUT2D eigenvalue weighted by Crippen LogP contribution is -2.47. The molecule has 0 saturated carbocycles. The van der Waals surface area contributed by atoms with Gasteiger partial charge in [0.2, 0.25) is 0 Å². The van der Waals surface area contributed by atoms with Crippen LogP contribution >= 0.6 is 0 Å². The summed E-state index contributed by atoms with van der Waals surface area (Å²) < 4.78 is 16.9. The molecule has 2 aliphatic heterocycles. The molecule has 2 aliphatic rings. The van der Waals surface area contributed by atoms with E-state index in [1.165, 1.54) is 0 Å². The molecule has 156 valence electrons. The van der Waals surface area contributed by atoms with Crippen molar-refractivity contribution in [3.8, 4) is 17.2 Å². The highest BCUT2D eigenvalue weighted by Crippen LogP contribution is 2.38. The number of rotatable bonds is 5. The van der Waals surface area contributed by atoms with Crippen molar-refractivity contribution in [1.82, 2.24) is 4.90 Å². The highest BCUT2D eigenvalue weighted by molar-refractivity contribution is 5.44. The van der Waals surface area contributed by atoms with Crippen LogP contribution in [0.4, 0.5) is 0 Å². The molecule has 1 saturated heterocycles. The summed E-state index contributed by atoms with van der Waals surface area (Å²) >= 11 is 0. The molecule has 1 fully saturated rings. The summed E-state index contributed by atoms with van der Waals surface area (Å²) in [4.78, 5) is 2.11. The van der Waals surface area contributed by atoms with E-state index in [0.29, 0.717) is 44.2 Å². The lowest BCUT2D eigenvalue weighted by molar-refractivity contribution is -0.0474. The molecule has 0 unspecified atom stereocenters. The van der Waals surface area contributed by atoms with Gasteiger partial charge in [0.05, 0.1) is 26.4 Å². The number of likely N-dealkylation sites (tertiary alicyclic amines) is 1. The topological polar surface area (TPSA) is 71.4 Å². The van der Waals surface area contributed by atoms with Gasteiger partial charge < -0.3 is 24.4 Å². The molecule has 0 bridgehead atoms. The second-order valence-corrected chi connectivity index (χ2v) is 7.84. The number of benzene rings is 2. The van der Waals surface area contributed by atoms with Gasteiger partial charge in [-0.05, 0) is 43.1 Å². The van der Waals surface area contributed by atoms with Crippen molar-refractivity contribution in [2.24, 2.45) is 0 Å². The Hall–Kier alpha value is -2.28. The summed E-state index contributed by atoms with van der Waals surface area (Å²) in [7, 11) is 1.62. The van der Waals surface area contributed by atoms with E-state index in [9.17, 15) is 10.2 Å². The third kappa shape index (κ3) is 4.34. The number of aliphatic hydroxyl groups excluding tert-OH is 1. The van der Waals surface area contributed by atoms with Crippen molar-refractivity contribution in [3.05, 3.63) is 53.6 Å². The first kappa shape index (κ1) is 20.0. The van der Waals surface area contributed by atoms with Gasteiger partial charge >= 0.3 is 0 Å². The van der Waals surface area contributed by atoms with Gasteiger partial charge in [0, 0.05) is 25.1 Å². The van der Waals surface area contributed by atoms with E-state index >= 15 is 0 Å². The van der Waals surface area contributed by atoms with Crippen molar-refractivity contribution in [2.45, 2.75) is 31.0 Å². The maximum absolute atomic E-state index is 11.4. The third-order valence-electron chi connectivity index (χ3n) is 5.75. The fraction of sp³-hybridized carbons (Fsp3) is 0.478. The van der Waals surface area contributed by atoms with Crippen molar-refractivity contribution in [1.29, 1.82) is 0 Å². The summed E-state index contributed by atoms with van der Waals surface area (Å²) in [5.74, 6) is 2.10. The number of aliphatic hydroxyl groups is 2. The molecule has 0 radical (unpaired) electrons. The maximum Gasteiger partial charge on any atom is 0.161 e. The Labute approximate surface area is 171 Å². The van der Waals surface area contributed by atoms with Crippen LogP contribution in [-0.2, 0) is 5.60 Å². The Balaban J connectivity index is 1.47. The SMILES string of the molecule is COc1ccccc1[C@@]1(O)CCCN(C[C@@H](O)c2ccc3c(c2)OCCCO3)C1. The van der Waals surface area contributed by atoms with Gasteiger partial charge in [-0.25, -0.2) is 0 Å². The number of nitrogens with zero attached hydrogens (tertiary/aromatic N) is 1. The number of methoxy groups -OCH3 is 1. The van der Waals surface area contributed by atoms with Crippen LogP contribution in [0.2, 0.25) is 0 Å². The molecule has 2 aromatic carbocycles. The Kier molecular flexibility index (Phi) is 5.94. The molecule has 0 aromatic heterocycles. The van der Waals surface area contributed by atoms with E-state index in [4.69, 9.17) is 14.2 Å². The highest BCUT2D eigenvalue weighted by Gasteiger charge is 2.37. The Morgan fingerprint density at radius 1 is 1.10 bits per heavy atom. The van der Waals surface area contributed by atoms with E-state index in [-0.39, 0.29) is 0 Å². The average molecular weight is 399 g/mol. The van der Waals surface area contributed by atoms with Crippen LogP contribution in [-0.4, -0.2) is 55.1 Å². The number of hydrogen-bond acceptors (Lipinski definition) is 6. The summed E-state index contributed by atoms with van der Waals surface area (Å²) in [6.45, 7) is 2.99. The summed E-state index contributed by atoms with van der Waals surface area (Å²) in [5, 5.41) is 22.2. The standard InChI is InChI=1S/C23H29NO5/c1-27-20-7-3-2-6-18(20)23(26)10-4-11-24(16-23)15-19(25)17-8-9-21-22(14-17)29-13-5-12-28-21/h2-3,6-9,14,19,25-26H,4-5,10-13,15-16H2,1H3/t19-,23-/m1/s1. The Bertz CT molecular complexity index is 842. The van der Waals surface area contributed by atoms with Gasteiger partial charge in [-0.3, -0.25) is 4.90 Å². The monoisotopic (exact) mass is 399 g/mol. The first-order valence-corrected chi connectivity index (χ1v) is 10.2. The van der Waals surface area contributed by atoms with Crippen molar-refractivity contribution in [3.63, 3.8) is 0 Å². The minimum Gasteiger partial charge on any atom is -0.496 e. The number of hydrogen-bond donors (Lipinski definition) is 2. The third-order valence-corrected chi connectivity index (χ3v) is 5.75. The molecule has 0 aliphatic carbocycles. The number of fused-ring (bicyclic) bond motifs is 1. The van der Waals surface area contributed by atoms with E-state index in [0.717, 1.165) is 36.3 Å². The van der Waals surface area contributed by atoms with Gasteiger partial charge in [-0.2, -0.15) is 0 Å². The Morgan fingerprint density at radius 3 is 2.72 bits per heavy atom. The molecule has 0 amide bonds. The predicted molar refractivity (Wildman–Crippen MR) is 110 cm³/mol. The summed E-state index contributed by atoms with van der Waals surface area (Å²) in [5.41, 5.74) is 0.605. The zero-order valence-electron chi connectivity index (χ0n) is 16.8. The number of piperidine rings is 1. The number of para-hydroxylation sites is 1. The molecule has 6 nitrogen and oxygen atoms in total. The molecule has 2 N–H and O–H groups in total. The minimum atomic E-state index is -0.991. The highest BCUT2D eigenvalue weighted by atomic mass is 16.5. The predicted octanol–water partition coefficient (Wildman–Crippen LogP) is 2.87. The average Bonchev–Trinajstić information content (AvgIpc) is 2.98. The van der Waals surface area contributed by atoms with Crippen LogP contribution in [0, 0.1) is 0 Å². The van der Waals surface area contributed by atoms with E-state index < -0.39 is 11.7 Å². The van der Waals surface area contributed by atoms with Crippen molar-refractivity contribution in [2.75, 3.05) is 40.0 Å². The second kappa shape index (κ2) is 8.61. The van der Waals surface area contributed by atoms with Gasteiger partial charge in [0.25, 0.3) is 0 Å². The zero-order valence-corrected chi connectivity index (χ0v) is 16.8. The quantitative estimate of drug-likeness (QED) is 0.806. The molecule has 4 rings (SSSR count). The van der Waals surface area contributed by atoms with Crippen LogP contribution in [0.3, 0.4) is 0 Å². The second-order valence-electron chi connectivity index (χ2n) is 7.84. The van der Waals surface area contributed by atoms with E-state index in [2.05, 4.69) is 4.90 Å². The lowest BCUT2D eigenvalue weighted by Gasteiger charge is -2.40. The molecule has 29 heavy (non-hydrogen) atoms. The Morgan fingerprint density at radius 2 is 1.90 bits per heavy atom. The molecule has 2 atom stereocenters. The molecular weight excluding hydrogens is 370 g/mol. The van der Waals surface area contributed by atoms with Crippen LogP contribution in [0.5, 0.6) is 17.2 Å². The van der Waals surface area contributed by atoms with Gasteiger partial charge in [0.15, 0.2) is 11.5 Å². The first-order chi connectivity index (χ1) is 14.1. The molecule has 2 heterocycles. The fourth-order valence-electron chi connectivity index (χ4n) is 4.27. The fourth-order valence-corrected chi connectivity index (χ4v) is 4.27. The molecule has 6 heteroatoms. The van der Waals surface area contributed by atoms with Crippen LogP contribution in [0.25, 0.3) is 0 Å². The van der Waals surface area contributed by atoms with Gasteiger partial charge in [-0.15, -0.1) is 0 Å². The lowest BCUT2D eigenvalue weighted by atomic mass is 9.85. The van der Waals surface area contributed by atoms with Crippen LogP contribution in [0.1, 0.15) is 36.5 Å². The minimum absolute atomic E-state index is 0.442. The van der Waals surface area contributed by atoms with Crippen LogP contribution in [0.15, 0.2) is 42.5 Å².